The van der Waals surface area contributed by atoms with E-state index in [0.29, 0.717) is 12.1 Å². The number of carboxylic acid groups (broad SMARTS) is 1. The summed E-state index contributed by atoms with van der Waals surface area (Å²) in [5.41, 5.74) is 4.82. The fourth-order valence-corrected chi connectivity index (χ4v) is 2.88. The Kier molecular flexibility index (Phi) is 6.58. The molecule has 0 bridgehead atoms. The molecule has 3 aromatic rings. The van der Waals surface area contributed by atoms with Crippen molar-refractivity contribution in [3.05, 3.63) is 83.6 Å². The molecule has 6 nitrogen and oxygen atoms in total. The van der Waals surface area contributed by atoms with Crippen molar-refractivity contribution in [2.45, 2.75) is 19.9 Å². The number of aliphatic carboxylic acids is 1. The Labute approximate surface area is 169 Å². The number of aromatic nitrogens is 1. The average molecular weight is 389 g/mol. The summed E-state index contributed by atoms with van der Waals surface area (Å²) >= 11 is 0. The van der Waals surface area contributed by atoms with E-state index >= 15 is 0 Å². The average Bonchev–Trinajstić information content (AvgIpc) is 2.72. The van der Waals surface area contributed by atoms with E-state index in [2.05, 4.69) is 40.7 Å². The van der Waals surface area contributed by atoms with Gasteiger partial charge in [0.05, 0.1) is 6.42 Å². The van der Waals surface area contributed by atoms with Crippen LogP contribution in [0.5, 0.6) is 0 Å². The summed E-state index contributed by atoms with van der Waals surface area (Å²) in [6, 6.07) is 19.4. The van der Waals surface area contributed by atoms with Gasteiger partial charge in [-0.15, -0.1) is 0 Å². The van der Waals surface area contributed by atoms with Gasteiger partial charge in [-0.05, 0) is 42.3 Å². The van der Waals surface area contributed by atoms with Crippen molar-refractivity contribution in [2.24, 2.45) is 0 Å². The minimum absolute atomic E-state index is 0.0975. The molecule has 0 unspecified atom stereocenters. The van der Waals surface area contributed by atoms with Crippen LogP contribution in [0.25, 0.3) is 11.1 Å². The second kappa shape index (κ2) is 9.50. The number of amides is 1. The number of hydrogen-bond donors (Lipinski definition) is 3. The summed E-state index contributed by atoms with van der Waals surface area (Å²) in [7, 11) is 0. The third-order valence-electron chi connectivity index (χ3n) is 4.42. The van der Waals surface area contributed by atoms with Gasteiger partial charge in [0, 0.05) is 30.4 Å². The molecule has 1 aromatic heterocycles. The number of carbonyl (C=O) groups excluding carboxylic acids is 1. The number of nitrogens with one attached hydrogen (secondary N) is 2. The lowest BCUT2D eigenvalue weighted by Gasteiger charge is -2.08. The van der Waals surface area contributed by atoms with Crippen molar-refractivity contribution in [1.29, 1.82) is 0 Å². The van der Waals surface area contributed by atoms with Crippen molar-refractivity contribution < 1.29 is 14.7 Å². The van der Waals surface area contributed by atoms with Crippen LogP contribution in [0.1, 0.15) is 27.9 Å². The largest absolute Gasteiger partial charge is 0.481 e. The van der Waals surface area contributed by atoms with Crippen molar-refractivity contribution in [3.63, 3.8) is 0 Å². The molecule has 0 atom stereocenters. The first-order valence-electron chi connectivity index (χ1n) is 9.37. The molecule has 0 radical (unpaired) electrons. The molecule has 1 heterocycles. The summed E-state index contributed by atoms with van der Waals surface area (Å²) in [5.74, 6) is -0.429. The van der Waals surface area contributed by atoms with Crippen LogP contribution < -0.4 is 10.6 Å². The molecule has 3 N–H and O–H groups in total. The highest BCUT2D eigenvalue weighted by Crippen LogP contribution is 2.20. The molecule has 2 aromatic carbocycles. The lowest BCUT2D eigenvalue weighted by atomic mass is 10.1. The van der Waals surface area contributed by atoms with E-state index in [1.165, 1.54) is 11.1 Å². The molecule has 0 spiro atoms. The maximum absolute atomic E-state index is 12.0. The van der Waals surface area contributed by atoms with Gasteiger partial charge in [0.2, 0.25) is 0 Å². The number of nitrogens with zero attached hydrogens (tertiary/aromatic N) is 1. The zero-order valence-corrected chi connectivity index (χ0v) is 16.2. The molecule has 0 aliphatic heterocycles. The molecular formula is C23H23N3O3. The molecule has 0 aliphatic rings. The van der Waals surface area contributed by atoms with Gasteiger partial charge >= 0.3 is 5.97 Å². The van der Waals surface area contributed by atoms with Gasteiger partial charge in [0.1, 0.15) is 5.82 Å². The summed E-state index contributed by atoms with van der Waals surface area (Å²) in [6.45, 7) is 2.89. The van der Waals surface area contributed by atoms with Gasteiger partial charge in [-0.25, -0.2) is 4.98 Å². The molecule has 0 saturated carbocycles. The molecular weight excluding hydrogens is 366 g/mol. The normalized spacial score (nSPS) is 10.4. The standard InChI is InChI=1S/C23H23N3O3/c1-16-3-2-4-17(13-16)14-25-21-10-9-20(15-26-21)18-5-7-19(8-6-18)23(29)24-12-11-22(27)28/h2-10,13,15H,11-12,14H2,1H3,(H,24,29)(H,25,26)(H,27,28). The van der Waals surface area contributed by atoms with Crippen LogP contribution in [0.15, 0.2) is 66.9 Å². The highest BCUT2D eigenvalue weighted by molar-refractivity contribution is 5.94. The lowest BCUT2D eigenvalue weighted by Crippen LogP contribution is -2.25. The fraction of sp³-hybridized carbons (Fsp3) is 0.174. The fourth-order valence-electron chi connectivity index (χ4n) is 2.88. The van der Waals surface area contributed by atoms with E-state index < -0.39 is 5.97 Å². The lowest BCUT2D eigenvalue weighted by molar-refractivity contribution is -0.136. The molecule has 29 heavy (non-hydrogen) atoms. The van der Waals surface area contributed by atoms with Crippen LogP contribution in [0.2, 0.25) is 0 Å². The maximum atomic E-state index is 12.0. The third-order valence-corrected chi connectivity index (χ3v) is 4.42. The second-order valence-corrected chi connectivity index (χ2v) is 6.75. The molecule has 148 valence electrons. The van der Waals surface area contributed by atoms with Crippen LogP contribution in [-0.2, 0) is 11.3 Å². The topological polar surface area (TPSA) is 91.3 Å². The van der Waals surface area contributed by atoms with Gasteiger partial charge in [-0.1, -0.05) is 42.0 Å². The smallest absolute Gasteiger partial charge is 0.305 e. The first kappa shape index (κ1) is 20.1. The van der Waals surface area contributed by atoms with Gasteiger partial charge in [0.15, 0.2) is 0 Å². The van der Waals surface area contributed by atoms with Crippen molar-refractivity contribution in [2.75, 3.05) is 11.9 Å². The first-order chi connectivity index (χ1) is 14.0. The van der Waals surface area contributed by atoms with E-state index in [1.54, 1.807) is 18.3 Å². The van der Waals surface area contributed by atoms with E-state index in [0.717, 1.165) is 16.9 Å². The van der Waals surface area contributed by atoms with Gasteiger partial charge in [0.25, 0.3) is 5.91 Å². The summed E-state index contributed by atoms with van der Waals surface area (Å²) < 4.78 is 0. The number of anilines is 1. The Morgan fingerprint density at radius 2 is 1.76 bits per heavy atom. The minimum atomic E-state index is -0.940. The highest BCUT2D eigenvalue weighted by Gasteiger charge is 2.07. The quantitative estimate of drug-likeness (QED) is 0.544. The van der Waals surface area contributed by atoms with Gasteiger partial charge in [-0.3, -0.25) is 9.59 Å². The Hall–Kier alpha value is -3.67. The Morgan fingerprint density at radius 1 is 1.00 bits per heavy atom. The molecule has 3 rings (SSSR count). The van der Waals surface area contributed by atoms with Gasteiger partial charge in [-0.2, -0.15) is 0 Å². The maximum Gasteiger partial charge on any atom is 0.305 e. The van der Waals surface area contributed by atoms with E-state index in [4.69, 9.17) is 5.11 Å². The zero-order chi connectivity index (χ0) is 20.6. The van der Waals surface area contributed by atoms with E-state index in [9.17, 15) is 9.59 Å². The molecule has 1 amide bonds. The molecule has 0 saturated heterocycles. The number of rotatable bonds is 8. The van der Waals surface area contributed by atoms with Crippen LogP contribution in [0, 0.1) is 6.92 Å². The Bertz CT molecular complexity index is 983. The number of carboxylic acids is 1. The monoisotopic (exact) mass is 389 g/mol. The predicted molar refractivity (Wildman–Crippen MR) is 113 cm³/mol. The number of aryl methyl sites for hydroxylation is 1. The van der Waals surface area contributed by atoms with E-state index in [-0.39, 0.29) is 18.9 Å². The number of carbonyl (C=O) groups is 2. The minimum Gasteiger partial charge on any atom is -0.481 e. The number of hydrogen-bond acceptors (Lipinski definition) is 4. The third kappa shape index (κ3) is 5.90. The Balaban J connectivity index is 1.58. The van der Waals surface area contributed by atoms with Crippen molar-refractivity contribution in [1.82, 2.24) is 10.3 Å². The SMILES string of the molecule is Cc1cccc(CNc2ccc(-c3ccc(C(=O)NCCC(=O)O)cc3)cn2)c1. The summed E-state index contributed by atoms with van der Waals surface area (Å²) in [6.07, 6.45) is 1.69. The van der Waals surface area contributed by atoms with Crippen LogP contribution >= 0.6 is 0 Å². The van der Waals surface area contributed by atoms with Crippen LogP contribution in [0.3, 0.4) is 0 Å². The molecule has 0 fully saturated rings. The molecule has 6 heteroatoms. The zero-order valence-electron chi connectivity index (χ0n) is 16.2. The number of benzene rings is 2. The van der Waals surface area contributed by atoms with Crippen molar-refractivity contribution >= 4 is 17.7 Å². The van der Waals surface area contributed by atoms with Crippen LogP contribution in [0.4, 0.5) is 5.82 Å². The highest BCUT2D eigenvalue weighted by atomic mass is 16.4. The second-order valence-electron chi connectivity index (χ2n) is 6.75. The summed E-state index contributed by atoms with van der Waals surface area (Å²) in [5, 5.41) is 14.5. The summed E-state index contributed by atoms with van der Waals surface area (Å²) in [4.78, 5) is 27.0. The number of pyridine rings is 1. The van der Waals surface area contributed by atoms with Gasteiger partial charge < -0.3 is 15.7 Å². The molecule has 0 aliphatic carbocycles. The van der Waals surface area contributed by atoms with Crippen LogP contribution in [-0.4, -0.2) is 28.5 Å². The predicted octanol–water partition coefficient (Wildman–Crippen LogP) is 3.87. The first-order valence-corrected chi connectivity index (χ1v) is 9.37. The van der Waals surface area contributed by atoms with Crippen molar-refractivity contribution in [3.8, 4) is 11.1 Å². The van der Waals surface area contributed by atoms with E-state index in [1.807, 2.05) is 30.3 Å². The Morgan fingerprint density at radius 3 is 2.41 bits per heavy atom.